The zero-order valence-corrected chi connectivity index (χ0v) is 11.0. The van der Waals surface area contributed by atoms with Gasteiger partial charge in [-0.25, -0.2) is 13.6 Å². The van der Waals surface area contributed by atoms with Gasteiger partial charge in [-0.05, 0) is 28.1 Å². The first-order valence-electron chi connectivity index (χ1n) is 5.17. The highest BCUT2D eigenvalue weighted by Crippen LogP contribution is 2.24. The van der Waals surface area contributed by atoms with Crippen LogP contribution in [0, 0.1) is 11.6 Å². The quantitative estimate of drug-likeness (QED) is 0.840. The van der Waals surface area contributed by atoms with E-state index in [1.807, 2.05) is 0 Å². The predicted molar refractivity (Wildman–Crippen MR) is 67.1 cm³/mol. The van der Waals surface area contributed by atoms with Crippen LogP contribution in [0.1, 0.15) is 16.1 Å². The maximum atomic E-state index is 13.5. The van der Waals surface area contributed by atoms with Crippen LogP contribution in [0.3, 0.4) is 0 Å². The van der Waals surface area contributed by atoms with Gasteiger partial charge in [-0.2, -0.15) is 0 Å². The summed E-state index contributed by atoms with van der Waals surface area (Å²) in [7, 11) is 0. The number of anilines is 1. The van der Waals surface area contributed by atoms with E-state index in [1.54, 1.807) is 0 Å². The Morgan fingerprint density at radius 1 is 1.37 bits per heavy atom. The first kappa shape index (κ1) is 13.5. The minimum atomic E-state index is -1.21. The Bertz CT molecular complexity index is 627. The molecule has 0 fully saturated rings. The normalized spacial score (nSPS) is 10.5. The molecule has 2 N–H and O–H groups in total. The van der Waals surface area contributed by atoms with E-state index in [9.17, 15) is 13.6 Å². The average Bonchev–Trinajstić information content (AvgIpc) is 2.80. The van der Waals surface area contributed by atoms with Crippen molar-refractivity contribution in [3.63, 3.8) is 0 Å². The largest absolute Gasteiger partial charge is 0.475 e. The second-order valence-corrected chi connectivity index (χ2v) is 4.53. The van der Waals surface area contributed by atoms with Crippen LogP contribution in [0.5, 0.6) is 0 Å². The van der Waals surface area contributed by atoms with E-state index in [-0.39, 0.29) is 22.5 Å². The molecule has 0 spiro atoms. The van der Waals surface area contributed by atoms with Crippen molar-refractivity contribution in [1.29, 1.82) is 0 Å². The van der Waals surface area contributed by atoms with Crippen LogP contribution in [0.25, 0.3) is 0 Å². The minimum absolute atomic E-state index is 0.0487. The van der Waals surface area contributed by atoms with Gasteiger partial charge in [0.2, 0.25) is 5.76 Å². The number of hydrogen-bond acceptors (Lipinski definition) is 3. The van der Waals surface area contributed by atoms with Gasteiger partial charge >= 0.3 is 5.97 Å². The molecule has 0 aliphatic rings. The topological polar surface area (TPSA) is 62.5 Å². The summed E-state index contributed by atoms with van der Waals surface area (Å²) in [5, 5.41) is 11.5. The third kappa shape index (κ3) is 2.93. The van der Waals surface area contributed by atoms with Crippen molar-refractivity contribution in [2.75, 3.05) is 5.32 Å². The molecule has 0 atom stereocenters. The first-order valence-corrected chi connectivity index (χ1v) is 5.96. The third-order valence-corrected chi connectivity index (χ3v) is 3.03. The van der Waals surface area contributed by atoms with E-state index in [2.05, 4.69) is 21.2 Å². The molecular weight excluding hydrogens is 324 g/mol. The molecule has 19 heavy (non-hydrogen) atoms. The molecule has 2 aromatic rings. The summed E-state index contributed by atoms with van der Waals surface area (Å²) < 4.78 is 31.4. The smallest absolute Gasteiger partial charge is 0.372 e. The summed E-state index contributed by atoms with van der Waals surface area (Å²) in [4.78, 5) is 10.8. The van der Waals surface area contributed by atoms with Crippen molar-refractivity contribution >= 4 is 27.6 Å². The van der Waals surface area contributed by atoms with Crippen LogP contribution in [-0.4, -0.2) is 11.1 Å². The molecule has 0 amide bonds. The number of benzene rings is 1. The molecule has 0 unspecified atom stereocenters. The number of halogens is 3. The molecule has 0 radical (unpaired) electrons. The molecule has 1 aromatic carbocycles. The fourth-order valence-corrected chi connectivity index (χ4v) is 1.85. The van der Waals surface area contributed by atoms with E-state index in [1.165, 1.54) is 18.4 Å². The van der Waals surface area contributed by atoms with Gasteiger partial charge in [0.15, 0.2) is 0 Å². The third-order valence-electron chi connectivity index (χ3n) is 2.42. The summed E-state index contributed by atoms with van der Waals surface area (Å²) in [6, 6.07) is 3.44. The van der Waals surface area contributed by atoms with E-state index in [0.29, 0.717) is 5.56 Å². The van der Waals surface area contributed by atoms with Crippen molar-refractivity contribution in [1.82, 2.24) is 0 Å². The van der Waals surface area contributed by atoms with Crippen molar-refractivity contribution < 1.29 is 23.1 Å². The highest BCUT2D eigenvalue weighted by molar-refractivity contribution is 9.10. The lowest BCUT2D eigenvalue weighted by Gasteiger charge is -2.08. The lowest BCUT2D eigenvalue weighted by atomic mass is 10.2. The van der Waals surface area contributed by atoms with Gasteiger partial charge in [0, 0.05) is 18.2 Å². The zero-order chi connectivity index (χ0) is 14.0. The fraction of sp³-hybridized carbons (Fsp3) is 0.0833. The molecule has 0 aliphatic heterocycles. The highest BCUT2D eigenvalue weighted by atomic mass is 79.9. The van der Waals surface area contributed by atoms with Gasteiger partial charge in [0.1, 0.15) is 11.6 Å². The van der Waals surface area contributed by atoms with Crippen LogP contribution in [0.4, 0.5) is 14.5 Å². The van der Waals surface area contributed by atoms with Gasteiger partial charge in [-0.3, -0.25) is 0 Å². The fourth-order valence-electron chi connectivity index (χ4n) is 1.51. The Labute approximate surface area is 115 Å². The molecular formula is C12H8BrF2NO3. The number of carboxylic acids is 1. The Morgan fingerprint density at radius 2 is 2.11 bits per heavy atom. The van der Waals surface area contributed by atoms with E-state index < -0.39 is 17.6 Å². The molecule has 0 saturated carbocycles. The average molecular weight is 332 g/mol. The summed E-state index contributed by atoms with van der Waals surface area (Å²) in [5.41, 5.74) is 0.429. The van der Waals surface area contributed by atoms with Crippen LogP contribution in [0.2, 0.25) is 0 Å². The second-order valence-electron chi connectivity index (χ2n) is 3.68. The van der Waals surface area contributed by atoms with Gasteiger partial charge in [-0.1, -0.05) is 0 Å². The maximum Gasteiger partial charge on any atom is 0.372 e. The summed E-state index contributed by atoms with van der Waals surface area (Å²) >= 11 is 2.94. The highest BCUT2D eigenvalue weighted by Gasteiger charge is 2.14. The zero-order valence-electron chi connectivity index (χ0n) is 9.41. The molecule has 0 bridgehead atoms. The van der Waals surface area contributed by atoms with E-state index >= 15 is 0 Å². The number of hydrogen-bond donors (Lipinski definition) is 2. The molecule has 0 aliphatic carbocycles. The Morgan fingerprint density at radius 3 is 2.79 bits per heavy atom. The molecule has 100 valence electrons. The van der Waals surface area contributed by atoms with Crippen molar-refractivity contribution in [3.8, 4) is 0 Å². The van der Waals surface area contributed by atoms with Crippen molar-refractivity contribution in [2.24, 2.45) is 0 Å². The molecule has 0 saturated heterocycles. The van der Waals surface area contributed by atoms with Crippen LogP contribution >= 0.6 is 15.9 Å². The lowest BCUT2D eigenvalue weighted by Crippen LogP contribution is -2.06. The first-order chi connectivity index (χ1) is 8.99. The Kier molecular flexibility index (Phi) is 3.84. The molecule has 1 heterocycles. The molecule has 2 rings (SSSR count). The van der Waals surface area contributed by atoms with E-state index in [4.69, 9.17) is 9.52 Å². The summed E-state index contributed by atoms with van der Waals surface area (Å²) in [5.74, 6) is -2.89. The minimum Gasteiger partial charge on any atom is -0.475 e. The SMILES string of the molecule is O=C(O)c1occc1CNc1cc(Br)c(F)cc1F. The second kappa shape index (κ2) is 5.40. The van der Waals surface area contributed by atoms with Crippen LogP contribution in [-0.2, 0) is 6.54 Å². The van der Waals surface area contributed by atoms with Crippen LogP contribution < -0.4 is 5.32 Å². The van der Waals surface area contributed by atoms with E-state index in [0.717, 1.165) is 6.07 Å². The maximum absolute atomic E-state index is 13.5. The van der Waals surface area contributed by atoms with Gasteiger partial charge < -0.3 is 14.8 Å². The molecule has 7 heteroatoms. The number of carbonyl (C=O) groups is 1. The monoisotopic (exact) mass is 331 g/mol. The van der Waals surface area contributed by atoms with Gasteiger partial charge in [-0.15, -0.1) is 0 Å². The lowest BCUT2D eigenvalue weighted by molar-refractivity contribution is 0.0661. The van der Waals surface area contributed by atoms with Crippen LogP contribution in [0.15, 0.2) is 33.4 Å². The standard InChI is InChI=1S/C12H8BrF2NO3/c13-7-3-10(9(15)4-8(7)14)16-5-6-1-2-19-11(6)12(17)18/h1-4,16H,5H2,(H,17,18). The van der Waals surface area contributed by atoms with Gasteiger partial charge in [0.05, 0.1) is 16.4 Å². The number of furan rings is 1. The number of rotatable bonds is 4. The Balaban J connectivity index is 2.17. The number of carboxylic acid groups (broad SMARTS) is 1. The number of aromatic carboxylic acids is 1. The molecule has 1 aromatic heterocycles. The van der Waals surface area contributed by atoms with Crippen molar-refractivity contribution in [2.45, 2.75) is 6.54 Å². The number of nitrogens with one attached hydrogen (secondary N) is 1. The summed E-state index contributed by atoms with van der Waals surface area (Å²) in [6.07, 6.45) is 1.23. The summed E-state index contributed by atoms with van der Waals surface area (Å²) in [6.45, 7) is 0.0487. The van der Waals surface area contributed by atoms with Gasteiger partial charge in [0.25, 0.3) is 0 Å². The van der Waals surface area contributed by atoms with Crippen molar-refractivity contribution in [3.05, 3.63) is 51.9 Å². The molecule has 4 nitrogen and oxygen atoms in total. The Hall–Kier alpha value is -1.89. The predicted octanol–water partition coefficient (Wildman–Crippen LogP) is 3.63.